The van der Waals surface area contributed by atoms with Gasteiger partial charge >= 0.3 is 5.97 Å². The van der Waals surface area contributed by atoms with Gasteiger partial charge in [-0.15, -0.1) is 11.6 Å². The Hall–Kier alpha value is 0.340. The Bertz CT molecular complexity index is 159. The minimum Gasteiger partial charge on any atom is -0.464 e. The zero-order valence-electron chi connectivity index (χ0n) is 7.49. The van der Waals surface area contributed by atoms with Gasteiger partial charge in [0.15, 0.2) is 0 Å². The Morgan fingerprint density at radius 1 is 1.38 bits per heavy atom. The summed E-state index contributed by atoms with van der Waals surface area (Å²) in [6.07, 6.45) is 1.89. The van der Waals surface area contributed by atoms with Gasteiger partial charge < -0.3 is 4.74 Å². The average Bonchev–Trinajstić information content (AvgIpc) is 2.05. The van der Waals surface area contributed by atoms with Gasteiger partial charge in [0.2, 0.25) is 4.33 Å². The van der Waals surface area contributed by atoms with Crippen molar-refractivity contribution in [1.82, 2.24) is 0 Å². The molecule has 0 amide bonds. The maximum absolute atomic E-state index is 11.1. The predicted molar refractivity (Wildman–Crippen MR) is 55.6 cm³/mol. The second-order valence-corrected chi connectivity index (χ2v) is 4.43. The molecule has 0 unspecified atom stereocenters. The summed E-state index contributed by atoms with van der Waals surface area (Å²) in [5, 5.41) is 0. The second kappa shape index (κ2) is 6.74. The maximum atomic E-state index is 11.1. The van der Waals surface area contributed by atoms with Gasteiger partial charge in [-0.1, -0.05) is 23.2 Å². The molecule has 0 bridgehead atoms. The highest BCUT2D eigenvalue weighted by molar-refractivity contribution is 6.57. The Balaban J connectivity index is 3.83. The smallest absolute Gasteiger partial charge is 0.342 e. The van der Waals surface area contributed by atoms with Gasteiger partial charge in [0.25, 0.3) is 0 Å². The van der Waals surface area contributed by atoms with Crippen LogP contribution in [0.3, 0.4) is 0 Å². The van der Waals surface area contributed by atoms with Crippen molar-refractivity contribution in [3.8, 4) is 0 Å². The number of rotatable bonds is 6. The van der Waals surface area contributed by atoms with Gasteiger partial charge in [-0.3, -0.25) is 0 Å². The van der Waals surface area contributed by atoms with Crippen molar-refractivity contribution in [1.29, 1.82) is 0 Å². The monoisotopic (exact) mass is 246 g/mol. The lowest BCUT2D eigenvalue weighted by molar-refractivity contribution is -0.144. The molecule has 0 aliphatic carbocycles. The van der Waals surface area contributed by atoms with E-state index in [1.165, 1.54) is 0 Å². The Kier molecular flexibility index (Phi) is 6.92. The summed E-state index contributed by atoms with van der Waals surface area (Å²) in [7, 11) is 0. The van der Waals surface area contributed by atoms with E-state index < -0.39 is 10.3 Å². The number of carbonyl (C=O) groups excluding carboxylic acids is 1. The van der Waals surface area contributed by atoms with Crippen LogP contribution in [0.15, 0.2) is 0 Å². The molecule has 0 saturated heterocycles. The molecular weight excluding hydrogens is 234 g/mol. The van der Waals surface area contributed by atoms with Crippen molar-refractivity contribution in [3.05, 3.63) is 0 Å². The highest BCUT2D eigenvalue weighted by Crippen LogP contribution is 2.29. The molecule has 13 heavy (non-hydrogen) atoms. The summed E-state index contributed by atoms with van der Waals surface area (Å²) in [6.45, 7) is 2.00. The van der Waals surface area contributed by atoms with E-state index in [2.05, 4.69) is 0 Å². The topological polar surface area (TPSA) is 26.3 Å². The lowest BCUT2D eigenvalue weighted by Crippen LogP contribution is -2.28. The molecule has 0 saturated carbocycles. The van der Waals surface area contributed by atoms with Crippen LogP contribution in [0.25, 0.3) is 0 Å². The van der Waals surface area contributed by atoms with E-state index in [-0.39, 0.29) is 6.61 Å². The zero-order chi connectivity index (χ0) is 10.3. The largest absolute Gasteiger partial charge is 0.464 e. The van der Waals surface area contributed by atoms with Crippen molar-refractivity contribution in [3.63, 3.8) is 0 Å². The van der Waals surface area contributed by atoms with Crippen molar-refractivity contribution >= 4 is 40.8 Å². The summed E-state index contributed by atoms with van der Waals surface area (Å²) in [4.78, 5) is 11.1. The van der Waals surface area contributed by atoms with Gasteiger partial charge in [-0.25, -0.2) is 4.79 Å². The van der Waals surface area contributed by atoms with Gasteiger partial charge in [-0.05, 0) is 26.2 Å². The Morgan fingerprint density at radius 2 is 2.00 bits per heavy atom. The standard InChI is InChI=1S/C8H13Cl3O2/c1-2-13-7(12)8(10,11)5-3-4-6-9/h2-6H2,1H3. The lowest BCUT2D eigenvalue weighted by atomic mass is 10.2. The molecule has 0 aromatic heterocycles. The van der Waals surface area contributed by atoms with Crippen molar-refractivity contribution in [2.24, 2.45) is 0 Å². The molecule has 5 heteroatoms. The van der Waals surface area contributed by atoms with E-state index in [1.807, 2.05) is 0 Å². The van der Waals surface area contributed by atoms with Crippen molar-refractivity contribution in [2.75, 3.05) is 12.5 Å². The molecule has 0 rings (SSSR count). The van der Waals surface area contributed by atoms with Crippen molar-refractivity contribution in [2.45, 2.75) is 30.5 Å². The maximum Gasteiger partial charge on any atom is 0.342 e. The molecule has 0 fully saturated rings. The number of hydrogen-bond acceptors (Lipinski definition) is 2. The van der Waals surface area contributed by atoms with E-state index in [1.54, 1.807) is 6.92 Å². The van der Waals surface area contributed by atoms with Crippen LogP contribution in [-0.2, 0) is 9.53 Å². The van der Waals surface area contributed by atoms with Gasteiger partial charge in [-0.2, -0.15) is 0 Å². The fourth-order valence-corrected chi connectivity index (χ4v) is 1.35. The van der Waals surface area contributed by atoms with Crippen LogP contribution in [0.2, 0.25) is 0 Å². The van der Waals surface area contributed by atoms with Crippen LogP contribution in [0.4, 0.5) is 0 Å². The van der Waals surface area contributed by atoms with Crippen LogP contribution in [0, 0.1) is 0 Å². The minimum absolute atomic E-state index is 0.287. The molecule has 0 aliphatic heterocycles. The number of carbonyl (C=O) groups is 1. The molecule has 0 heterocycles. The van der Waals surface area contributed by atoms with Crippen LogP contribution in [0.5, 0.6) is 0 Å². The third-order valence-corrected chi connectivity index (χ3v) is 2.40. The molecule has 0 N–H and O–H groups in total. The first-order chi connectivity index (χ1) is 6.04. The number of unbranched alkanes of at least 4 members (excludes halogenated alkanes) is 1. The van der Waals surface area contributed by atoms with Gasteiger partial charge in [0.1, 0.15) is 0 Å². The third-order valence-electron chi connectivity index (χ3n) is 1.45. The summed E-state index contributed by atoms with van der Waals surface area (Å²) in [5.74, 6) is -0.0277. The van der Waals surface area contributed by atoms with Gasteiger partial charge in [0, 0.05) is 5.88 Å². The van der Waals surface area contributed by atoms with Crippen LogP contribution >= 0.6 is 34.8 Å². The lowest BCUT2D eigenvalue weighted by Gasteiger charge is -2.16. The Labute approximate surface area is 93.5 Å². The molecule has 0 aromatic carbocycles. The first-order valence-electron chi connectivity index (χ1n) is 4.15. The molecule has 0 aliphatic rings. The SMILES string of the molecule is CCOC(=O)C(Cl)(Cl)CCCCCl. The second-order valence-electron chi connectivity index (χ2n) is 2.57. The zero-order valence-corrected chi connectivity index (χ0v) is 9.75. The predicted octanol–water partition coefficient (Wildman–Crippen LogP) is 3.13. The number of esters is 1. The first-order valence-corrected chi connectivity index (χ1v) is 5.44. The average molecular weight is 248 g/mol. The van der Waals surface area contributed by atoms with Gasteiger partial charge in [0.05, 0.1) is 6.61 Å². The molecule has 2 nitrogen and oxygen atoms in total. The van der Waals surface area contributed by atoms with Crippen LogP contribution in [-0.4, -0.2) is 22.8 Å². The number of hydrogen-bond donors (Lipinski definition) is 0. The fraction of sp³-hybridized carbons (Fsp3) is 0.875. The van der Waals surface area contributed by atoms with E-state index in [0.717, 1.165) is 12.8 Å². The van der Waals surface area contributed by atoms with Crippen LogP contribution in [0.1, 0.15) is 26.2 Å². The highest BCUT2D eigenvalue weighted by Gasteiger charge is 2.34. The summed E-state index contributed by atoms with van der Waals surface area (Å²) in [5.41, 5.74) is 0. The van der Waals surface area contributed by atoms with Crippen molar-refractivity contribution < 1.29 is 9.53 Å². The highest BCUT2D eigenvalue weighted by atomic mass is 35.5. The molecular formula is C8H13Cl3O2. The first kappa shape index (κ1) is 13.3. The van der Waals surface area contributed by atoms with E-state index in [4.69, 9.17) is 39.5 Å². The van der Waals surface area contributed by atoms with E-state index >= 15 is 0 Å². The minimum atomic E-state index is -1.41. The summed E-state index contributed by atoms with van der Waals surface area (Å²) < 4.78 is 3.29. The summed E-state index contributed by atoms with van der Waals surface area (Å²) in [6, 6.07) is 0. The van der Waals surface area contributed by atoms with Crippen LogP contribution < -0.4 is 0 Å². The Morgan fingerprint density at radius 3 is 2.46 bits per heavy atom. The number of ether oxygens (including phenoxy) is 1. The number of halogens is 3. The van der Waals surface area contributed by atoms with E-state index in [9.17, 15) is 4.79 Å². The molecule has 0 radical (unpaired) electrons. The third kappa shape index (κ3) is 5.61. The molecule has 0 spiro atoms. The summed E-state index contributed by atoms with van der Waals surface area (Å²) >= 11 is 17.0. The normalized spacial score (nSPS) is 11.4. The molecule has 0 atom stereocenters. The number of alkyl halides is 3. The molecule has 78 valence electrons. The molecule has 0 aromatic rings. The van der Waals surface area contributed by atoms with E-state index in [0.29, 0.717) is 12.3 Å². The quantitative estimate of drug-likeness (QED) is 0.409. The fourth-order valence-electron chi connectivity index (χ4n) is 0.780.